The van der Waals surface area contributed by atoms with Crippen molar-refractivity contribution in [3.05, 3.63) is 59.5 Å². The summed E-state index contributed by atoms with van der Waals surface area (Å²) in [6, 6.07) is 10.6. The number of nitrogens with one attached hydrogen (secondary N) is 2. The van der Waals surface area contributed by atoms with Crippen LogP contribution < -0.4 is 15.4 Å². The smallest absolute Gasteiger partial charge is 0.218 e. The second-order valence-corrected chi connectivity index (χ2v) is 5.09. The summed E-state index contributed by atoms with van der Waals surface area (Å²) in [5.74, 6) is 1.09. The van der Waals surface area contributed by atoms with Gasteiger partial charge in [-0.15, -0.1) is 0 Å². The number of benzene rings is 1. The molecule has 2 N–H and O–H groups in total. The number of pyridine rings is 1. The maximum absolute atomic E-state index is 13.6. The van der Waals surface area contributed by atoms with Crippen molar-refractivity contribution in [2.24, 2.45) is 4.99 Å². The van der Waals surface area contributed by atoms with Crippen LogP contribution in [0.1, 0.15) is 18.1 Å². The highest BCUT2D eigenvalue weighted by Crippen LogP contribution is 2.13. The predicted molar refractivity (Wildman–Crippen MR) is 93.7 cm³/mol. The first kappa shape index (κ1) is 17.7. The maximum Gasteiger partial charge on any atom is 0.218 e. The second kappa shape index (κ2) is 9.50. The first-order chi connectivity index (χ1) is 11.7. The Bertz CT molecular complexity index is 676. The van der Waals surface area contributed by atoms with Crippen molar-refractivity contribution in [2.75, 3.05) is 20.2 Å². The lowest BCUT2D eigenvalue weighted by molar-refractivity contribution is 0.322. The molecule has 5 nitrogen and oxygen atoms in total. The van der Waals surface area contributed by atoms with Gasteiger partial charge in [-0.05, 0) is 31.0 Å². The average molecular weight is 330 g/mol. The van der Waals surface area contributed by atoms with Crippen LogP contribution in [0, 0.1) is 5.82 Å². The van der Waals surface area contributed by atoms with Gasteiger partial charge in [0.15, 0.2) is 5.96 Å². The van der Waals surface area contributed by atoms with Crippen LogP contribution >= 0.6 is 0 Å². The Kier molecular flexibility index (Phi) is 7.01. The van der Waals surface area contributed by atoms with Crippen LogP contribution in [-0.2, 0) is 13.0 Å². The van der Waals surface area contributed by atoms with Crippen LogP contribution in [0.5, 0.6) is 5.88 Å². The van der Waals surface area contributed by atoms with Gasteiger partial charge in [0.25, 0.3) is 0 Å². The number of aliphatic imine (C=N–C) groups is 1. The summed E-state index contributed by atoms with van der Waals surface area (Å²) in [5.41, 5.74) is 1.64. The zero-order valence-corrected chi connectivity index (χ0v) is 14.1. The molecule has 1 aromatic carbocycles. The molecule has 0 radical (unpaired) electrons. The number of rotatable bonds is 7. The van der Waals surface area contributed by atoms with Gasteiger partial charge >= 0.3 is 0 Å². The quantitative estimate of drug-likeness (QED) is 0.605. The lowest BCUT2D eigenvalue weighted by Crippen LogP contribution is -2.38. The molecule has 6 heteroatoms. The molecular weight excluding hydrogens is 307 g/mol. The van der Waals surface area contributed by atoms with Gasteiger partial charge in [-0.1, -0.05) is 24.3 Å². The first-order valence-corrected chi connectivity index (χ1v) is 7.99. The van der Waals surface area contributed by atoms with Gasteiger partial charge in [-0.25, -0.2) is 9.37 Å². The van der Waals surface area contributed by atoms with E-state index in [1.54, 1.807) is 25.4 Å². The topological polar surface area (TPSA) is 58.5 Å². The maximum atomic E-state index is 13.6. The van der Waals surface area contributed by atoms with Gasteiger partial charge < -0.3 is 15.4 Å². The van der Waals surface area contributed by atoms with Crippen molar-refractivity contribution in [3.8, 4) is 5.88 Å². The van der Waals surface area contributed by atoms with E-state index in [9.17, 15) is 4.39 Å². The summed E-state index contributed by atoms with van der Waals surface area (Å²) in [4.78, 5) is 8.39. The SMILES string of the molecule is CCOc1ncccc1CNC(=NC)NCCc1ccccc1F. The molecule has 0 aliphatic rings. The molecule has 2 rings (SSSR count). The molecule has 1 aromatic heterocycles. The van der Waals surface area contributed by atoms with Crippen molar-refractivity contribution in [2.45, 2.75) is 19.9 Å². The molecule has 0 unspecified atom stereocenters. The summed E-state index contributed by atoms with van der Waals surface area (Å²) < 4.78 is 19.1. The lowest BCUT2D eigenvalue weighted by atomic mass is 10.1. The summed E-state index contributed by atoms with van der Waals surface area (Å²) in [5, 5.41) is 6.39. The van der Waals surface area contributed by atoms with Gasteiger partial charge in [0.05, 0.1) is 6.61 Å². The van der Waals surface area contributed by atoms with Crippen LogP contribution in [0.2, 0.25) is 0 Å². The summed E-state index contributed by atoms with van der Waals surface area (Å²) >= 11 is 0. The van der Waals surface area contributed by atoms with E-state index in [1.807, 2.05) is 25.1 Å². The number of hydrogen-bond donors (Lipinski definition) is 2. The molecule has 24 heavy (non-hydrogen) atoms. The highest BCUT2D eigenvalue weighted by atomic mass is 19.1. The lowest BCUT2D eigenvalue weighted by Gasteiger charge is -2.13. The van der Waals surface area contributed by atoms with Crippen LogP contribution in [0.25, 0.3) is 0 Å². The van der Waals surface area contributed by atoms with Gasteiger partial charge in [-0.3, -0.25) is 4.99 Å². The molecular formula is C18H23FN4O. The minimum atomic E-state index is -0.182. The largest absolute Gasteiger partial charge is 0.478 e. The highest BCUT2D eigenvalue weighted by molar-refractivity contribution is 5.79. The van der Waals surface area contributed by atoms with Crippen molar-refractivity contribution < 1.29 is 9.13 Å². The molecule has 0 bridgehead atoms. The van der Waals surface area contributed by atoms with Crippen molar-refractivity contribution >= 4 is 5.96 Å². The molecule has 2 aromatic rings. The minimum Gasteiger partial charge on any atom is -0.478 e. The van der Waals surface area contributed by atoms with Gasteiger partial charge in [0.1, 0.15) is 5.82 Å². The Hall–Kier alpha value is -2.63. The second-order valence-electron chi connectivity index (χ2n) is 5.09. The fourth-order valence-electron chi connectivity index (χ4n) is 2.24. The van der Waals surface area contributed by atoms with E-state index >= 15 is 0 Å². The summed E-state index contributed by atoms with van der Waals surface area (Å²) in [7, 11) is 1.70. The van der Waals surface area contributed by atoms with E-state index in [4.69, 9.17) is 4.74 Å². The van der Waals surface area contributed by atoms with Crippen LogP contribution in [0.15, 0.2) is 47.6 Å². The fraction of sp³-hybridized carbons (Fsp3) is 0.333. The summed E-state index contributed by atoms with van der Waals surface area (Å²) in [6.07, 6.45) is 2.29. The number of hydrogen-bond acceptors (Lipinski definition) is 3. The molecule has 0 atom stereocenters. The number of guanidine groups is 1. The van der Waals surface area contributed by atoms with E-state index in [-0.39, 0.29) is 5.82 Å². The number of ether oxygens (including phenoxy) is 1. The highest BCUT2D eigenvalue weighted by Gasteiger charge is 2.06. The molecule has 0 fully saturated rings. The molecule has 0 saturated carbocycles. The number of halogens is 1. The Morgan fingerprint density at radius 3 is 2.71 bits per heavy atom. The van der Waals surface area contributed by atoms with Crippen LogP contribution in [0.3, 0.4) is 0 Å². The zero-order chi connectivity index (χ0) is 17.2. The Morgan fingerprint density at radius 2 is 1.96 bits per heavy atom. The van der Waals surface area contributed by atoms with Crippen molar-refractivity contribution in [1.82, 2.24) is 15.6 Å². The van der Waals surface area contributed by atoms with E-state index in [1.165, 1.54) is 6.07 Å². The normalized spacial score (nSPS) is 11.2. The monoisotopic (exact) mass is 330 g/mol. The molecule has 0 amide bonds. The molecule has 0 saturated heterocycles. The van der Waals surface area contributed by atoms with E-state index in [0.717, 1.165) is 5.56 Å². The van der Waals surface area contributed by atoms with E-state index in [0.29, 0.717) is 43.5 Å². The predicted octanol–water partition coefficient (Wildman–Crippen LogP) is 2.53. The minimum absolute atomic E-state index is 0.182. The Labute approximate surface area is 142 Å². The first-order valence-electron chi connectivity index (χ1n) is 7.99. The van der Waals surface area contributed by atoms with Gasteiger partial charge in [0.2, 0.25) is 5.88 Å². The number of aromatic nitrogens is 1. The van der Waals surface area contributed by atoms with Crippen molar-refractivity contribution in [1.29, 1.82) is 0 Å². The third-order valence-electron chi connectivity index (χ3n) is 3.45. The zero-order valence-electron chi connectivity index (χ0n) is 14.1. The van der Waals surface area contributed by atoms with Crippen molar-refractivity contribution in [3.63, 3.8) is 0 Å². The molecule has 0 spiro atoms. The van der Waals surface area contributed by atoms with Crippen LogP contribution in [0.4, 0.5) is 4.39 Å². The Balaban J connectivity index is 1.84. The van der Waals surface area contributed by atoms with E-state index in [2.05, 4.69) is 20.6 Å². The molecule has 0 aliphatic carbocycles. The molecule has 0 aliphatic heterocycles. The average Bonchev–Trinajstić information content (AvgIpc) is 2.61. The summed E-state index contributed by atoms with van der Waals surface area (Å²) in [6.45, 7) is 3.63. The third-order valence-corrected chi connectivity index (χ3v) is 3.45. The van der Waals surface area contributed by atoms with Crippen LogP contribution in [-0.4, -0.2) is 31.1 Å². The van der Waals surface area contributed by atoms with Gasteiger partial charge in [0, 0.05) is 31.9 Å². The fourth-order valence-corrected chi connectivity index (χ4v) is 2.24. The van der Waals surface area contributed by atoms with Gasteiger partial charge in [-0.2, -0.15) is 0 Å². The van der Waals surface area contributed by atoms with E-state index < -0.39 is 0 Å². The third kappa shape index (κ3) is 5.22. The molecule has 128 valence electrons. The molecule has 1 heterocycles. The number of nitrogens with zero attached hydrogens (tertiary/aromatic N) is 2. The Morgan fingerprint density at radius 1 is 1.17 bits per heavy atom. The standard InChI is InChI=1S/C18H23FN4O/c1-3-24-17-15(8-6-11-21-17)13-23-18(20-2)22-12-10-14-7-4-5-9-16(14)19/h4-9,11H,3,10,12-13H2,1-2H3,(H2,20,22,23).